The van der Waals surface area contributed by atoms with Crippen LogP contribution < -0.4 is 10.6 Å². The predicted octanol–water partition coefficient (Wildman–Crippen LogP) is 2.03. The SMILES string of the molecule is O=C1CNc2nc(Cc3cccc(CN4CCCC4)c3)ncc2N1. The van der Waals surface area contributed by atoms with Crippen LogP contribution in [0.25, 0.3) is 0 Å². The Morgan fingerprint density at radius 1 is 1.17 bits per heavy atom. The molecule has 0 atom stereocenters. The van der Waals surface area contributed by atoms with Crippen molar-refractivity contribution in [1.29, 1.82) is 0 Å². The zero-order valence-electron chi connectivity index (χ0n) is 13.6. The number of benzene rings is 1. The molecule has 2 aromatic rings. The third-order valence-electron chi connectivity index (χ3n) is 4.49. The van der Waals surface area contributed by atoms with Crippen molar-refractivity contribution in [2.24, 2.45) is 0 Å². The molecule has 0 radical (unpaired) electrons. The lowest BCUT2D eigenvalue weighted by Crippen LogP contribution is -2.28. The Morgan fingerprint density at radius 2 is 2.00 bits per heavy atom. The molecular weight excluding hydrogens is 302 g/mol. The van der Waals surface area contributed by atoms with E-state index in [2.05, 4.69) is 49.8 Å². The molecule has 1 fully saturated rings. The average molecular weight is 323 g/mol. The number of nitrogens with zero attached hydrogens (tertiary/aromatic N) is 3. The van der Waals surface area contributed by atoms with E-state index in [4.69, 9.17) is 0 Å². The summed E-state index contributed by atoms with van der Waals surface area (Å²) >= 11 is 0. The van der Waals surface area contributed by atoms with E-state index in [9.17, 15) is 4.79 Å². The molecule has 1 amide bonds. The first-order valence-electron chi connectivity index (χ1n) is 8.46. The van der Waals surface area contributed by atoms with Crippen LogP contribution in [0.3, 0.4) is 0 Å². The molecule has 1 aromatic heterocycles. The van der Waals surface area contributed by atoms with E-state index in [-0.39, 0.29) is 12.5 Å². The van der Waals surface area contributed by atoms with Crippen LogP contribution in [0.2, 0.25) is 0 Å². The molecule has 0 bridgehead atoms. The molecule has 0 saturated carbocycles. The smallest absolute Gasteiger partial charge is 0.243 e. The van der Waals surface area contributed by atoms with Gasteiger partial charge >= 0.3 is 0 Å². The second-order valence-corrected chi connectivity index (χ2v) is 6.43. The van der Waals surface area contributed by atoms with Crippen molar-refractivity contribution in [1.82, 2.24) is 14.9 Å². The van der Waals surface area contributed by atoms with Gasteiger partial charge in [-0.05, 0) is 37.1 Å². The zero-order valence-corrected chi connectivity index (χ0v) is 13.6. The molecule has 2 aliphatic heterocycles. The molecule has 0 spiro atoms. The summed E-state index contributed by atoms with van der Waals surface area (Å²) in [6, 6.07) is 8.66. The minimum Gasteiger partial charge on any atom is -0.359 e. The van der Waals surface area contributed by atoms with Gasteiger partial charge in [0, 0.05) is 13.0 Å². The van der Waals surface area contributed by atoms with E-state index in [1.54, 1.807) is 6.20 Å². The van der Waals surface area contributed by atoms with Crippen LogP contribution in [0.15, 0.2) is 30.5 Å². The first kappa shape index (κ1) is 15.1. The molecular formula is C18H21N5O. The minimum absolute atomic E-state index is 0.0616. The van der Waals surface area contributed by atoms with E-state index in [1.165, 1.54) is 37.1 Å². The highest BCUT2D eigenvalue weighted by Gasteiger charge is 2.16. The Hall–Kier alpha value is -2.47. The highest BCUT2D eigenvalue weighted by atomic mass is 16.2. The van der Waals surface area contributed by atoms with Crippen LogP contribution in [0.5, 0.6) is 0 Å². The first-order valence-corrected chi connectivity index (χ1v) is 8.46. The largest absolute Gasteiger partial charge is 0.359 e. The number of amides is 1. The maximum atomic E-state index is 11.3. The van der Waals surface area contributed by atoms with E-state index in [0.717, 1.165) is 12.4 Å². The van der Waals surface area contributed by atoms with E-state index in [1.807, 2.05) is 0 Å². The predicted molar refractivity (Wildman–Crippen MR) is 92.9 cm³/mol. The number of fused-ring (bicyclic) bond motifs is 1. The van der Waals surface area contributed by atoms with Gasteiger partial charge in [0.05, 0.1) is 12.7 Å². The van der Waals surface area contributed by atoms with Gasteiger partial charge in [-0.2, -0.15) is 0 Å². The lowest BCUT2D eigenvalue weighted by Gasteiger charge is -2.17. The summed E-state index contributed by atoms with van der Waals surface area (Å²) in [5.41, 5.74) is 3.21. The Bertz CT molecular complexity index is 755. The molecule has 0 aliphatic carbocycles. The number of hydrogen-bond acceptors (Lipinski definition) is 5. The summed E-state index contributed by atoms with van der Waals surface area (Å²) in [6.45, 7) is 3.69. The van der Waals surface area contributed by atoms with E-state index in [0.29, 0.717) is 17.9 Å². The number of likely N-dealkylation sites (tertiary alicyclic amines) is 1. The Morgan fingerprint density at radius 3 is 2.88 bits per heavy atom. The third kappa shape index (κ3) is 3.38. The second-order valence-electron chi connectivity index (χ2n) is 6.43. The fourth-order valence-corrected chi connectivity index (χ4v) is 3.31. The third-order valence-corrected chi connectivity index (χ3v) is 4.49. The normalized spacial score (nSPS) is 17.2. The molecule has 2 aliphatic rings. The summed E-state index contributed by atoms with van der Waals surface area (Å²) in [4.78, 5) is 22.8. The van der Waals surface area contributed by atoms with Gasteiger partial charge in [0.2, 0.25) is 5.91 Å². The summed E-state index contributed by atoms with van der Waals surface area (Å²) < 4.78 is 0. The molecule has 124 valence electrons. The number of aromatic nitrogens is 2. The summed E-state index contributed by atoms with van der Waals surface area (Å²) in [5, 5.41) is 5.80. The van der Waals surface area contributed by atoms with Crippen LogP contribution in [-0.2, 0) is 17.8 Å². The van der Waals surface area contributed by atoms with Crippen LogP contribution in [0, 0.1) is 0 Å². The maximum absolute atomic E-state index is 11.3. The van der Waals surface area contributed by atoms with Gasteiger partial charge in [0.1, 0.15) is 11.5 Å². The molecule has 0 unspecified atom stereocenters. The molecule has 4 rings (SSSR count). The van der Waals surface area contributed by atoms with Crippen molar-refractivity contribution < 1.29 is 4.79 Å². The monoisotopic (exact) mass is 323 g/mol. The van der Waals surface area contributed by atoms with Crippen molar-refractivity contribution in [3.8, 4) is 0 Å². The quantitative estimate of drug-likeness (QED) is 0.901. The number of rotatable bonds is 4. The average Bonchev–Trinajstić information content (AvgIpc) is 3.08. The molecule has 1 saturated heterocycles. The van der Waals surface area contributed by atoms with Crippen molar-refractivity contribution in [2.45, 2.75) is 25.8 Å². The van der Waals surface area contributed by atoms with E-state index < -0.39 is 0 Å². The number of carbonyl (C=O) groups excluding carboxylic acids is 1. The van der Waals surface area contributed by atoms with Crippen LogP contribution in [0.1, 0.15) is 29.8 Å². The Balaban J connectivity index is 1.48. The summed E-state index contributed by atoms with van der Waals surface area (Å²) in [5.74, 6) is 1.40. The maximum Gasteiger partial charge on any atom is 0.243 e. The number of hydrogen-bond donors (Lipinski definition) is 2. The van der Waals surface area contributed by atoms with Crippen LogP contribution >= 0.6 is 0 Å². The molecule has 6 nitrogen and oxygen atoms in total. The molecule has 3 heterocycles. The number of carbonyl (C=O) groups is 1. The van der Waals surface area contributed by atoms with Gasteiger partial charge in [-0.25, -0.2) is 9.97 Å². The van der Waals surface area contributed by atoms with Crippen molar-refractivity contribution in [3.63, 3.8) is 0 Å². The van der Waals surface area contributed by atoms with Gasteiger partial charge in [0.15, 0.2) is 5.82 Å². The molecule has 2 N–H and O–H groups in total. The van der Waals surface area contributed by atoms with Gasteiger partial charge in [-0.1, -0.05) is 24.3 Å². The first-order chi connectivity index (χ1) is 11.8. The lowest BCUT2D eigenvalue weighted by molar-refractivity contribution is -0.114. The van der Waals surface area contributed by atoms with Gasteiger partial charge < -0.3 is 10.6 Å². The topological polar surface area (TPSA) is 70.2 Å². The van der Waals surface area contributed by atoms with Crippen molar-refractivity contribution >= 4 is 17.4 Å². The van der Waals surface area contributed by atoms with Gasteiger partial charge in [0.25, 0.3) is 0 Å². The standard InChI is InChI=1S/C18H21N5O/c24-17-11-20-18-15(21-17)10-19-16(22-18)9-13-4-3-5-14(8-13)12-23-6-1-2-7-23/h3-5,8,10H,1-2,6-7,9,11-12H2,(H,21,24)(H,19,20,22). The summed E-state index contributed by atoms with van der Waals surface area (Å²) in [7, 11) is 0. The fourth-order valence-electron chi connectivity index (χ4n) is 3.31. The van der Waals surface area contributed by atoms with Gasteiger partial charge in [-0.15, -0.1) is 0 Å². The highest BCUT2D eigenvalue weighted by Crippen LogP contribution is 2.22. The minimum atomic E-state index is -0.0616. The number of anilines is 2. The molecule has 1 aromatic carbocycles. The van der Waals surface area contributed by atoms with E-state index >= 15 is 0 Å². The Kier molecular flexibility index (Phi) is 4.13. The second kappa shape index (κ2) is 6.57. The molecule has 6 heteroatoms. The zero-order chi connectivity index (χ0) is 16.4. The van der Waals surface area contributed by atoms with Crippen LogP contribution in [0.4, 0.5) is 11.5 Å². The summed E-state index contributed by atoms with van der Waals surface area (Å²) in [6.07, 6.45) is 4.99. The Labute approximate surface area is 141 Å². The van der Waals surface area contributed by atoms with Crippen molar-refractivity contribution in [2.75, 3.05) is 30.3 Å². The van der Waals surface area contributed by atoms with Crippen molar-refractivity contribution in [3.05, 3.63) is 47.4 Å². The fraction of sp³-hybridized carbons (Fsp3) is 0.389. The molecule has 24 heavy (non-hydrogen) atoms. The van der Waals surface area contributed by atoms with Gasteiger partial charge in [-0.3, -0.25) is 9.69 Å². The highest BCUT2D eigenvalue weighted by molar-refractivity contribution is 5.99. The lowest BCUT2D eigenvalue weighted by atomic mass is 10.1. The number of nitrogens with one attached hydrogen (secondary N) is 2. The van der Waals surface area contributed by atoms with Crippen LogP contribution in [-0.4, -0.2) is 40.4 Å².